The van der Waals surface area contributed by atoms with E-state index in [-0.39, 0.29) is 12.4 Å². The van der Waals surface area contributed by atoms with E-state index in [9.17, 15) is 0 Å². The van der Waals surface area contributed by atoms with Gasteiger partial charge in [-0.15, -0.1) is 12.4 Å². The van der Waals surface area contributed by atoms with Crippen LogP contribution in [0.3, 0.4) is 0 Å². The number of halogens is 1. The number of hydrogen-bond donors (Lipinski definition) is 1. The fourth-order valence-electron chi connectivity index (χ4n) is 2.39. The summed E-state index contributed by atoms with van der Waals surface area (Å²) in [6.45, 7) is 3.12. The fourth-order valence-corrected chi connectivity index (χ4v) is 2.39. The molecule has 1 atom stereocenters. The molecule has 1 unspecified atom stereocenters. The van der Waals surface area contributed by atoms with Gasteiger partial charge >= 0.3 is 0 Å². The van der Waals surface area contributed by atoms with E-state index in [1.165, 1.54) is 12.0 Å². The van der Waals surface area contributed by atoms with Gasteiger partial charge in [-0.25, -0.2) is 0 Å². The Morgan fingerprint density at radius 3 is 2.32 bits per heavy atom. The van der Waals surface area contributed by atoms with Gasteiger partial charge in [0, 0.05) is 25.2 Å². The fraction of sp³-hybridized carbons (Fsp3) is 0.571. The minimum atomic E-state index is 0. The molecule has 1 saturated heterocycles. The number of methoxy groups -OCH3 is 2. The summed E-state index contributed by atoms with van der Waals surface area (Å²) in [7, 11) is 5.54. The molecule has 4 nitrogen and oxygen atoms in total. The minimum absolute atomic E-state index is 0. The van der Waals surface area contributed by atoms with E-state index in [2.05, 4.69) is 29.4 Å². The van der Waals surface area contributed by atoms with Crippen LogP contribution in [0.5, 0.6) is 11.5 Å². The number of benzene rings is 1. The smallest absolute Gasteiger partial charge is 0.122 e. The molecule has 2 rings (SSSR count). The highest BCUT2D eigenvalue weighted by Gasteiger charge is 2.19. The average Bonchev–Trinajstić information content (AvgIpc) is 2.92. The molecule has 0 aliphatic carbocycles. The van der Waals surface area contributed by atoms with Crippen LogP contribution in [0.4, 0.5) is 0 Å². The third-order valence-corrected chi connectivity index (χ3v) is 3.50. The van der Waals surface area contributed by atoms with E-state index in [0.717, 1.165) is 31.1 Å². The quantitative estimate of drug-likeness (QED) is 0.897. The second-order valence-electron chi connectivity index (χ2n) is 4.78. The summed E-state index contributed by atoms with van der Waals surface area (Å²) in [4.78, 5) is 2.38. The number of nitrogens with zero attached hydrogens (tertiary/aromatic N) is 1. The van der Waals surface area contributed by atoms with E-state index in [1.54, 1.807) is 14.2 Å². The summed E-state index contributed by atoms with van der Waals surface area (Å²) in [5.41, 5.74) is 1.22. The van der Waals surface area contributed by atoms with Crippen molar-refractivity contribution in [2.45, 2.75) is 19.0 Å². The van der Waals surface area contributed by atoms with Gasteiger partial charge in [0.05, 0.1) is 14.2 Å². The molecule has 0 bridgehead atoms. The van der Waals surface area contributed by atoms with E-state index in [0.29, 0.717) is 6.04 Å². The largest absolute Gasteiger partial charge is 0.497 e. The lowest BCUT2D eigenvalue weighted by Gasteiger charge is -2.23. The van der Waals surface area contributed by atoms with E-state index in [1.807, 2.05) is 6.07 Å². The molecular weight excluding hydrogens is 264 g/mol. The molecule has 0 spiro atoms. The predicted octanol–water partition coefficient (Wildman–Crippen LogP) is 1.92. The number of rotatable bonds is 5. The summed E-state index contributed by atoms with van der Waals surface area (Å²) >= 11 is 0. The van der Waals surface area contributed by atoms with Crippen molar-refractivity contribution in [3.8, 4) is 11.5 Å². The third-order valence-electron chi connectivity index (χ3n) is 3.50. The summed E-state index contributed by atoms with van der Waals surface area (Å²) < 4.78 is 10.6. The molecule has 0 saturated carbocycles. The van der Waals surface area contributed by atoms with Crippen LogP contribution in [0.15, 0.2) is 18.2 Å². The molecule has 1 aromatic carbocycles. The summed E-state index contributed by atoms with van der Waals surface area (Å²) in [5.74, 6) is 1.70. The number of hydrogen-bond acceptors (Lipinski definition) is 4. The van der Waals surface area contributed by atoms with Crippen molar-refractivity contribution in [3.63, 3.8) is 0 Å². The van der Waals surface area contributed by atoms with Crippen LogP contribution in [0, 0.1) is 0 Å². The van der Waals surface area contributed by atoms with Gasteiger partial charge in [0.15, 0.2) is 0 Å². The molecule has 108 valence electrons. The molecule has 1 N–H and O–H groups in total. The number of nitrogens with one attached hydrogen (secondary N) is 1. The summed E-state index contributed by atoms with van der Waals surface area (Å²) in [6, 6.07) is 6.67. The van der Waals surface area contributed by atoms with Gasteiger partial charge in [0.2, 0.25) is 0 Å². The Morgan fingerprint density at radius 2 is 1.84 bits per heavy atom. The van der Waals surface area contributed by atoms with Crippen molar-refractivity contribution in [1.82, 2.24) is 10.2 Å². The first-order chi connectivity index (χ1) is 8.72. The zero-order chi connectivity index (χ0) is 13.0. The number of ether oxygens (including phenoxy) is 2. The molecular formula is C14H23ClN2O2. The van der Waals surface area contributed by atoms with E-state index in [4.69, 9.17) is 9.47 Å². The Morgan fingerprint density at radius 1 is 1.21 bits per heavy atom. The van der Waals surface area contributed by atoms with Crippen LogP contribution < -0.4 is 14.8 Å². The van der Waals surface area contributed by atoms with Crippen molar-refractivity contribution in [1.29, 1.82) is 0 Å². The SMILES string of the molecule is COc1cc(CN(C)C2CCNC2)cc(OC)c1.Cl. The van der Waals surface area contributed by atoms with Gasteiger partial charge in [-0.1, -0.05) is 0 Å². The molecule has 1 fully saturated rings. The topological polar surface area (TPSA) is 33.7 Å². The minimum Gasteiger partial charge on any atom is -0.497 e. The van der Waals surface area contributed by atoms with Crippen molar-refractivity contribution >= 4 is 12.4 Å². The standard InChI is InChI=1S/C14H22N2O2.ClH/c1-16(12-4-5-15-9-12)10-11-6-13(17-2)8-14(7-11)18-3;/h6-8,12,15H,4-5,9-10H2,1-3H3;1H. The second kappa shape index (κ2) is 7.58. The zero-order valence-electron chi connectivity index (χ0n) is 11.8. The van der Waals surface area contributed by atoms with E-state index >= 15 is 0 Å². The van der Waals surface area contributed by atoms with Crippen molar-refractivity contribution in [2.75, 3.05) is 34.4 Å². The summed E-state index contributed by atoms with van der Waals surface area (Å²) in [6.07, 6.45) is 1.22. The van der Waals surface area contributed by atoms with Crippen LogP contribution >= 0.6 is 12.4 Å². The lowest BCUT2D eigenvalue weighted by atomic mass is 10.1. The Bertz CT molecular complexity index is 373. The predicted molar refractivity (Wildman–Crippen MR) is 79.5 cm³/mol. The Labute approximate surface area is 121 Å². The van der Waals surface area contributed by atoms with Gasteiger partial charge in [0.1, 0.15) is 11.5 Å². The maximum atomic E-state index is 5.29. The average molecular weight is 287 g/mol. The lowest BCUT2D eigenvalue weighted by Crippen LogP contribution is -2.32. The first kappa shape index (κ1) is 16.1. The van der Waals surface area contributed by atoms with Crippen LogP contribution in [0.1, 0.15) is 12.0 Å². The highest BCUT2D eigenvalue weighted by molar-refractivity contribution is 5.85. The molecule has 1 aliphatic heterocycles. The molecule has 5 heteroatoms. The molecule has 0 radical (unpaired) electrons. The normalized spacial score (nSPS) is 18.2. The summed E-state index contributed by atoms with van der Waals surface area (Å²) in [5, 5.41) is 3.39. The number of likely N-dealkylation sites (N-methyl/N-ethyl adjacent to an activating group) is 1. The van der Waals surface area contributed by atoms with Crippen molar-refractivity contribution in [3.05, 3.63) is 23.8 Å². The van der Waals surface area contributed by atoms with Gasteiger partial charge in [0.25, 0.3) is 0 Å². The van der Waals surface area contributed by atoms with Gasteiger partial charge < -0.3 is 14.8 Å². The maximum Gasteiger partial charge on any atom is 0.122 e. The van der Waals surface area contributed by atoms with E-state index < -0.39 is 0 Å². The van der Waals surface area contributed by atoms with Crippen LogP contribution in [0.25, 0.3) is 0 Å². The lowest BCUT2D eigenvalue weighted by molar-refractivity contribution is 0.248. The molecule has 1 heterocycles. The van der Waals surface area contributed by atoms with Gasteiger partial charge in [-0.05, 0) is 37.7 Å². The van der Waals surface area contributed by atoms with Crippen molar-refractivity contribution < 1.29 is 9.47 Å². The Balaban J connectivity index is 0.00000180. The molecule has 0 aromatic heterocycles. The van der Waals surface area contributed by atoms with Crippen LogP contribution in [0.2, 0.25) is 0 Å². The molecule has 19 heavy (non-hydrogen) atoms. The molecule has 1 aliphatic rings. The second-order valence-corrected chi connectivity index (χ2v) is 4.78. The molecule has 0 amide bonds. The zero-order valence-corrected chi connectivity index (χ0v) is 12.6. The Kier molecular flexibility index (Phi) is 6.42. The first-order valence-electron chi connectivity index (χ1n) is 6.36. The van der Waals surface area contributed by atoms with Gasteiger partial charge in [-0.3, -0.25) is 4.90 Å². The Hall–Kier alpha value is -0.970. The monoisotopic (exact) mass is 286 g/mol. The first-order valence-corrected chi connectivity index (χ1v) is 6.36. The highest BCUT2D eigenvalue weighted by Crippen LogP contribution is 2.24. The van der Waals surface area contributed by atoms with Gasteiger partial charge in [-0.2, -0.15) is 0 Å². The highest BCUT2D eigenvalue weighted by atomic mass is 35.5. The molecule has 1 aromatic rings. The van der Waals surface area contributed by atoms with Crippen LogP contribution in [-0.4, -0.2) is 45.3 Å². The van der Waals surface area contributed by atoms with Crippen molar-refractivity contribution in [2.24, 2.45) is 0 Å². The maximum absolute atomic E-state index is 5.29. The third kappa shape index (κ3) is 4.27. The van der Waals surface area contributed by atoms with Crippen LogP contribution in [-0.2, 0) is 6.54 Å².